The van der Waals surface area contributed by atoms with Crippen LogP contribution in [0.2, 0.25) is 0 Å². The number of nitrogens with zero attached hydrogens (tertiary/aromatic N) is 2. The van der Waals surface area contributed by atoms with Crippen LogP contribution in [0.1, 0.15) is 57.4 Å². The highest BCUT2D eigenvalue weighted by molar-refractivity contribution is 5.43. The molecule has 0 aromatic heterocycles. The van der Waals surface area contributed by atoms with Crippen LogP contribution in [0.3, 0.4) is 0 Å². The van der Waals surface area contributed by atoms with Crippen LogP contribution >= 0.6 is 0 Å². The van der Waals surface area contributed by atoms with Crippen molar-refractivity contribution >= 4 is 0 Å². The van der Waals surface area contributed by atoms with Crippen molar-refractivity contribution in [2.75, 3.05) is 53.0 Å². The number of methoxy groups -OCH3 is 1. The van der Waals surface area contributed by atoms with Gasteiger partial charge in [-0.25, -0.2) is 0 Å². The minimum atomic E-state index is -0.586. The lowest BCUT2D eigenvalue weighted by Crippen LogP contribution is -2.53. The largest absolute Gasteiger partial charge is 0.493 e. The Bertz CT molecular complexity index is 709. The smallest absolute Gasteiger partial charge is 0.161 e. The first-order valence-corrected chi connectivity index (χ1v) is 12.1. The van der Waals surface area contributed by atoms with E-state index in [-0.39, 0.29) is 5.60 Å². The fraction of sp³-hybridized carbons (Fsp3) is 0.760. The summed E-state index contributed by atoms with van der Waals surface area (Å²) in [6.07, 6.45) is 7.44. The van der Waals surface area contributed by atoms with Crippen LogP contribution in [0.5, 0.6) is 11.5 Å². The van der Waals surface area contributed by atoms with Gasteiger partial charge in [-0.15, -0.1) is 0 Å². The van der Waals surface area contributed by atoms with Crippen LogP contribution in [0.25, 0.3) is 0 Å². The molecule has 0 amide bonds. The van der Waals surface area contributed by atoms with Gasteiger partial charge in [-0.1, -0.05) is 12.5 Å². The van der Waals surface area contributed by atoms with Crippen LogP contribution in [-0.2, 0) is 11.3 Å². The van der Waals surface area contributed by atoms with Gasteiger partial charge >= 0.3 is 0 Å². The molecule has 3 aliphatic heterocycles. The molecule has 1 unspecified atom stereocenters. The molecule has 3 aliphatic rings. The van der Waals surface area contributed by atoms with Crippen LogP contribution < -0.4 is 9.47 Å². The molecule has 31 heavy (non-hydrogen) atoms. The molecule has 174 valence electrons. The Morgan fingerprint density at radius 3 is 2.48 bits per heavy atom. The van der Waals surface area contributed by atoms with Crippen molar-refractivity contribution in [3.8, 4) is 11.5 Å². The third-order valence-corrected chi connectivity index (χ3v) is 7.27. The van der Waals surface area contributed by atoms with E-state index in [9.17, 15) is 5.11 Å². The lowest BCUT2D eigenvalue weighted by molar-refractivity contribution is -0.173. The normalized spacial score (nSPS) is 27.3. The monoisotopic (exact) mass is 432 g/mol. The average molecular weight is 433 g/mol. The Morgan fingerprint density at radius 2 is 1.77 bits per heavy atom. The number of hydrogen-bond acceptors (Lipinski definition) is 6. The van der Waals surface area contributed by atoms with Crippen molar-refractivity contribution < 1.29 is 19.3 Å². The zero-order valence-electron chi connectivity index (χ0n) is 19.4. The highest BCUT2D eigenvalue weighted by atomic mass is 16.5. The summed E-state index contributed by atoms with van der Waals surface area (Å²) in [7, 11) is 1.72. The SMILES string of the molecule is COc1cc(CN2CCC3(CC2)CC(C)(O)CCO3)ccc1OCCN1CCCCC1. The van der Waals surface area contributed by atoms with Crippen molar-refractivity contribution in [1.82, 2.24) is 9.80 Å². The molecular formula is C25H40N2O4. The summed E-state index contributed by atoms with van der Waals surface area (Å²) >= 11 is 0. The van der Waals surface area contributed by atoms with Gasteiger partial charge in [0.05, 0.1) is 24.9 Å². The first kappa shape index (κ1) is 22.8. The number of likely N-dealkylation sites (tertiary alicyclic amines) is 2. The van der Waals surface area contributed by atoms with Gasteiger partial charge in [0.2, 0.25) is 0 Å². The molecule has 0 saturated carbocycles. The second-order valence-electron chi connectivity index (χ2n) is 9.97. The van der Waals surface area contributed by atoms with Crippen molar-refractivity contribution in [3.63, 3.8) is 0 Å². The molecule has 1 spiro atoms. The highest BCUT2D eigenvalue weighted by Gasteiger charge is 2.44. The van der Waals surface area contributed by atoms with E-state index >= 15 is 0 Å². The quantitative estimate of drug-likeness (QED) is 0.712. The molecular weight excluding hydrogens is 392 g/mol. The molecule has 0 bridgehead atoms. The van der Waals surface area contributed by atoms with Gasteiger partial charge in [0.1, 0.15) is 6.61 Å². The third-order valence-electron chi connectivity index (χ3n) is 7.27. The van der Waals surface area contributed by atoms with E-state index in [1.807, 2.05) is 6.92 Å². The van der Waals surface area contributed by atoms with Crippen LogP contribution in [0.4, 0.5) is 0 Å². The van der Waals surface area contributed by atoms with Crippen molar-refractivity contribution in [3.05, 3.63) is 23.8 Å². The second-order valence-corrected chi connectivity index (χ2v) is 9.97. The minimum absolute atomic E-state index is 0.137. The molecule has 3 heterocycles. The number of rotatable bonds is 7. The molecule has 0 aliphatic carbocycles. The number of aliphatic hydroxyl groups is 1. The van der Waals surface area contributed by atoms with E-state index in [1.54, 1.807) is 7.11 Å². The Hall–Kier alpha value is -1.34. The lowest BCUT2D eigenvalue weighted by atomic mass is 9.78. The number of piperidine rings is 2. The van der Waals surface area contributed by atoms with Gasteiger partial charge in [-0.3, -0.25) is 9.80 Å². The average Bonchev–Trinajstić information content (AvgIpc) is 2.76. The predicted molar refractivity (Wildman–Crippen MR) is 122 cm³/mol. The maximum Gasteiger partial charge on any atom is 0.161 e. The minimum Gasteiger partial charge on any atom is -0.493 e. The number of hydrogen-bond donors (Lipinski definition) is 1. The van der Waals surface area contributed by atoms with Crippen LogP contribution in [0.15, 0.2) is 18.2 Å². The maximum atomic E-state index is 10.5. The summed E-state index contributed by atoms with van der Waals surface area (Å²) in [5.41, 5.74) is 0.521. The Labute approximate surface area is 187 Å². The Kier molecular flexibility index (Phi) is 7.42. The highest BCUT2D eigenvalue weighted by Crippen LogP contribution is 2.39. The second kappa shape index (κ2) is 10.1. The molecule has 1 N–H and O–H groups in total. The van der Waals surface area contributed by atoms with Crippen molar-refractivity contribution in [2.45, 2.75) is 69.6 Å². The molecule has 1 atom stereocenters. The fourth-order valence-corrected chi connectivity index (χ4v) is 5.42. The molecule has 0 radical (unpaired) electrons. The van der Waals surface area contributed by atoms with E-state index in [0.717, 1.165) is 63.4 Å². The van der Waals surface area contributed by atoms with Gasteiger partial charge in [0.15, 0.2) is 11.5 Å². The first-order valence-electron chi connectivity index (χ1n) is 12.1. The summed E-state index contributed by atoms with van der Waals surface area (Å²) in [5, 5.41) is 10.5. The summed E-state index contributed by atoms with van der Waals surface area (Å²) in [4.78, 5) is 4.96. The predicted octanol–water partition coefficient (Wildman–Crippen LogP) is 3.46. The topological polar surface area (TPSA) is 54.4 Å². The van der Waals surface area contributed by atoms with Gasteiger partial charge in [0.25, 0.3) is 0 Å². The summed E-state index contributed by atoms with van der Waals surface area (Å²) in [5.74, 6) is 1.65. The van der Waals surface area contributed by atoms with Gasteiger partial charge in [-0.05, 0) is 69.8 Å². The van der Waals surface area contributed by atoms with Crippen molar-refractivity contribution in [2.24, 2.45) is 0 Å². The van der Waals surface area contributed by atoms with Gasteiger partial charge < -0.3 is 19.3 Å². The standard InChI is InChI=1S/C25H40N2O4/c1-24(28)10-16-31-25(20-24)8-13-27(14-9-25)19-21-6-7-22(23(18-21)29-2)30-17-15-26-11-4-3-5-12-26/h6-7,18,28H,3-5,8-17,19-20H2,1-2H3. The van der Waals surface area contributed by atoms with E-state index in [0.29, 0.717) is 13.2 Å². The molecule has 4 rings (SSSR count). The van der Waals surface area contributed by atoms with Crippen molar-refractivity contribution in [1.29, 1.82) is 0 Å². The third kappa shape index (κ3) is 6.13. The lowest BCUT2D eigenvalue weighted by Gasteiger charge is -2.48. The van der Waals surface area contributed by atoms with Crippen LogP contribution in [0, 0.1) is 0 Å². The molecule has 3 saturated heterocycles. The van der Waals surface area contributed by atoms with E-state index in [4.69, 9.17) is 14.2 Å². The summed E-state index contributed by atoms with van der Waals surface area (Å²) < 4.78 is 17.8. The first-order chi connectivity index (χ1) is 15.0. The van der Waals surface area contributed by atoms with E-state index in [2.05, 4.69) is 28.0 Å². The Balaban J connectivity index is 1.27. The van der Waals surface area contributed by atoms with E-state index in [1.165, 1.54) is 37.9 Å². The Morgan fingerprint density at radius 1 is 1.00 bits per heavy atom. The molecule has 6 nitrogen and oxygen atoms in total. The number of ether oxygens (including phenoxy) is 3. The molecule has 6 heteroatoms. The zero-order chi connectivity index (χ0) is 21.7. The van der Waals surface area contributed by atoms with Gasteiger partial charge in [0, 0.05) is 32.6 Å². The maximum absolute atomic E-state index is 10.5. The molecule has 1 aromatic rings. The summed E-state index contributed by atoms with van der Waals surface area (Å²) in [6.45, 7) is 9.58. The van der Waals surface area contributed by atoms with Crippen LogP contribution in [-0.4, -0.2) is 79.2 Å². The summed E-state index contributed by atoms with van der Waals surface area (Å²) in [6, 6.07) is 6.32. The zero-order valence-corrected chi connectivity index (χ0v) is 19.4. The van der Waals surface area contributed by atoms with Gasteiger partial charge in [-0.2, -0.15) is 0 Å². The number of benzene rings is 1. The molecule has 1 aromatic carbocycles. The fourth-order valence-electron chi connectivity index (χ4n) is 5.42. The van der Waals surface area contributed by atoms with E-state index < -0.39 is 5.60 Å². The molecule has 3 fully saturated rings.